The first-order chi connectivity index (χ1) is 15.3. The highest BCUT2D eigenvalue weighted by atomic mass is 19.1. The number of pyridine rings is 1. The molecule has 0 bridgehead atoms. The van der Waals surface area contributed by atoms with E-state index in [2.05, 4.69) is 15.2 Å². The number of nitrogens with zero attached hydrogens (tertiary/aromatic N) is 4. The summed E-state index contributed by atoms with van der Waals surface area (Å²) in [4.78, 5) is 30.2. The van der Waals surface area contributed by atoms with Crippen LogP contribution in [-0.4, -0.2) is 54.5 Å². The van der Waals surface area contributed by atoms with Gasteiger partial charge in [-0.1, -0.05) is 6.07 Å². The van der Waals surface area contributed by atoms with E-state index in [1.807, 2.05) is 6.92 Å². The largest absolute Gasteiger partial charge is 0.503 e. The number of nitrogens with one attached hydrogen (secondary N) is 1. The van der Waals surface area contributed by atoms with Crippen molar-refractivity contribution < 1.29 is 23.4 Å². The summed E-state index contributed by atoms with van der Waals surface area (Å²) >= 11 is 0. The van der Waals surface area contributed by atoms with Gasteiger partial charge >= 0.3 is 0 Å². The molecule has 2 atom stereocenters. The zero-order valence-corrected chi connectivity index (χ0v) is 17.0. The van der Waals surface area contributed by atoms with Crippen LogP contribution in [0.5, 0.6) is 5.75 Å². The summed E-state index contributed by atoms with van der Waals surface area (Å²) in [5, 5.41) is 18.4. The second kappa shape index (κ2) is 7.52. The van der Waals surface area contributed by atoms with Gasteiger partial charge < -0.3 is 24.3 Å². The van der Waals surface area contributed by atoms with E-state index in [9.17, 15) is 23.5 Å². The molecule has 9 nitrogen and oxygen atoms in total. The van der Waals surface area contributed by atoms with E-state index in [1.165, 1.54) is 16.8 Å². The topological polar surface area (TPSA) is 113 Å². The molecule has 1 aromatic carbocycles. The molecule has 0 radical (unpaired) electrons. The molecule has 2 aliphatic heterocycles. The monoisotopic (exact) mass is 443 g/mol. The number of benzene rings is 1. The normalized spacial score (nSPS) is 20.2. The third-order valence-electron chi connectivity index (χ3n) is 5.84. The van der Waals surface area contributed by atoms with Crippen molar-refractivity contribution >= 4 is 5.91 Å². The van der Waals surface area contributed by atoms with Gasteiger partial charge in [0.15, 0.2) is 23.5 Å². The van der Waals surface area contributed by atoms with Crippen molar-refractivity contribution in [2.45, 2.75) is 38.6 Å². The summed E-state index contributed by atoms with van der Waals surface area (Å²) in [6.07, 6.45) is 1.59. The van der Waals surface area contributed by atoms with Crippen molar-refractivity contribution in [3.63, 3.8) is 0 Å². The number of carbonyl (C=O) groups is 1. The lowest BCUT2D eigenvalue weighted by molar-refractivity contribution is -0.112. The fourth-order valence-electron chi connectivity index (χ4n) is 4.17. The first kappa shape index (κ1) is 20.3. The van der Waals surface area contributed by atoms with E-state index < -0.39 is 34.9 Å². The molecule has 1 amide bonds. The van der Waals surface area contributed by atoms with Crippen LogP contribution in [0.15, 0.2) is 29.2 Å². The lowest BCUT2D eigenvalue weighted by Gasteiger charge is -2.44. The van der Waals surface area contributed by atoms with Crippen LogP contribution in [0.25, 0.3) is 11.4 Å². The van der Waals surface area contributed by atoms with E-state index in [4.69, 9.17) is 4.74 Å². The van der Waals surface area contributed by atoms with Gasteiger partial charge in [0.05, 0.1) is 18.7 Å². The van der Waals surface area contributed by atoms with E-state index in [0.29, 0.717) is 13.0 Å². The summed E-state index contributed by atoms with van der Waals surface area (Å²) in [6.45, 7) is 2.65. The molecule has 0 aliphatic carbocycles. The molecular weight excluding hydrogens is 424 g/mol. The molecule has 0 spiro atoms. The molecule has 5 rings (SSSR count). The van der Waals surface area contributed by atoms with Crippen LogP contribution in [-0.2, 0) is 17.7 Å². The maximum atomic E-state index is 13.9. The molecule has 4 heterocycles. The Bertz CT molecular complexity index is 1290. The zero-order chi connectivity index (χ0) is 22.6. The van der Waals surface area contributed by atoms with E-state index in [0.717, 1.165) is 12.1 Å². The van der Waals surface area contributed by atoms with Gasteiger partial charge in [-0.25, -0.2) is 8.78 Å². The predicted octanol–water partition coefficient (Wildman–Crippen LogP) is 1.80. The maximum absolute atomic E-state index is 13.9. The number of fused-ring (bicyclic) bond motifs is 2. The number of H-pyrrole nitrogens is 1. The van der Waals surface area contributed by atoms with Gasteiger partial charge in [0, 0.05) is 24.7 Å². The lowest BCUT2D eigenvalue weighted by Crippen LogP contribution is -2.56. The molecule has 11 heteroatoms. The Kier molecular flexibility index (Phi) is 4.77. The number of carbonyl (C=O) groups excluding carboxylic acids is 1. The molecule has 1 saturated heterocycles. The molecule has 2 aromatic heterocycles. The van der Waals surface area contributed by atoms with E-state index in [1.54, 1.807) is 4.90 Å². The Labute approximate surface area is 180 Å². The highest BCUT2D eigenvalue weighted by Gasteiger charge is 2.40. The number of amides is 1. The number of ether oxygens (including phenoxy) is 1. The molecule has 2 aliphatic rings. The molecule has 3 aromatic rings. The van der Waals surface area contributed by atoms with Crippen LogP contribution in [0.4, 0.5) is 8.78 Å². The molecule has 166 valence electrons. The summed E-state index contributed by atoms with van der Waals surface area (Å²) in [7, 11) is 0. The minimum atomic E-state index is -0.774. The average Bonchev–Trinajstić information content (AvgIpc) is 3.21. The quantitative estimate of drug-likeness (QED) is 0.638. The number of halogens is 2. The smallest absolute Gasteiger partial charge is 0.276 e. The Balaban J connectivity index is 1.50. The van der Waals surface area contributed by atoms with Crippen molar-refractivity contribution in [1.82, 2.24) is 24.6 Å². The van der Waals surface area contributed by atoms with E-state index >= 15 is 0 Å². The third-order valence-corrected chi connectivity index (χ3v) is 5.84. The Morgan fingerprint density at radius 2 is 2.09 bits per heavy atom. The zero-order valence-electron chi connectivity index (χ0n) is 17.0. The highest BCUT2D eigenvalue weighted by molar-refractivity contribution is 5.96. The Morgan fingerprint density at radius 1 is 1.28 bits per heavy atom. The van der Waals surface area contributed by atoms with Crippen LogP contribution in [0, 0.1) is 11.6 Å². The maximum Gasteiger partial charge on any atom is 0.276 e. The number of aromatic nitrogens is 4. The highest BCUT2D eigenvalue weighted by Crippen LogP contribution is 2.30. The summed E-state index contributed by atoms with van der Waals surface area (Å²) < 4.78 is 34.2. The van der Waals surface area contributed by atoms with Crippen molar-refractivity contribution in [2.75, 3.05) is 6.61 Å². The fourth-order valence-corrected chi connectivity index (χ4v) is 4.17. The Morgan fingerprint density at radius 3 is 2.88 bits per heavy atom. The van der Waals surface area contributed by atoms with Gasteiger partial charge in [-0.05, 0) is 25.0 Å². The molecule has 1 unspecified atom stereocenters. The van der Waals surface area contributed by atoms with Crippen LogP contribution in [0.3, 0.4) is 0 Å². The average molecular weight is 443 g/mol. The minimum absolute atomic E-state index is 0.00137. The first-order valence-corrected chi connectivity index (χ1v) is 10.1. The Hall–Kier alpha value is -3.60. The SMILES string of the molecule is C[C@@H]1CCOC2Cn3cc(-c4nnc(Cc5ccc(F)cc5F)[nH]4)c(=O)c(O)c3C(=O)N21. The molecule has 2 N–H and O–H groups in total. The summed E-state index contributed by atoms with van der Waals surface area (Å²) in [5.74, 6) is -2.25. The molecular formula is C21H19F2N5O4. The van der Waals surface area contributed by atoms with Gasteiger partial charge in [0.1, 0.15) is 17.5 Å². The van der Waals surface area contributed by atoms with Crippen molar-refractivity contribution in [3.05, 3.63) is 63.3 Å². The van der Waals surface area contributed by atoms with Crippen molar-refractivity contribution in [3.8, 4) is 17.1 Å². The second-order valence-electron chi connectivity index (χ2n) is 7.93. The van der Waals surface area contributed by atoms with Gasteiger partial charge in [-0.2, -0.15) is 0 Å². The minimum Gasteiger partial charge on any atom is -0.503 e. The van der Waals surface area contributed by atoms with Crippen LogP contribution < -0.4 is 5.43 Å². The number of hydrogen-bond acceptors (Lipinski definition) is 6. The van der Waals surface area contributed by atoms with Gasteiger partial charge in [0.25, 0.3) is 5.91 Å². The molecule has 32 heavy (non-hydrogen) atoms. The molecule has 1 fully saturated rings. The number of rotatable bonds is 3. The number of aromatic amines is 1. The van der Waals surface area contributed by atoms with Crippen LogP contribution in [0.1, 0.15) is 35.2 Å². The number of aromatic hydroxyl groups is 1. The predicted molar refractivity (Wildman–Crippen MR) is 107 cm³/mol. The lowest BCUT2D eigenvalue weighted by atomic mass is 10.1. The van der Waals surface area contributed by atoms with Crippen molar-refractivity contribution in [1.29, 1.82) is 0 Å². The fraction of sp³-hybridized carbons (Fsp3) is 0.333. The van der Waals surface area contributed by atoms with Gasteiger partial charge in [-0.15, -0.1) is 10.2 Å². The third kappa shape index (κ3) is 3.25. The van der Waals surface area contributed by atoms with Gasteiger partial charge in [0.2, 0.25) is 5.43 Å². The van der Waals surface area contributed by atoms with Gasteiger partial charge in [-0.3, -0.25) is 9.59 Å². The van der Waals surface area contributed by atoms with Crippen LogP contribution in [0.2, 0.25) is 0 Å². The molecule has 0 saturated carbocycles. The van der Waals surface area contributed by atoms with Crippen molar-refractivity contribution in [2.24, 2.45) is 0 Å². The number of hydrogen-bond donors (Lipinski definition) is 2. The standard InChI is InChI=1S/C21H19F2N5O4/c1-10-4-5-32-16-9-27-8-13(18(29)19(30)17(27)21(31)28(10)16)20-24-15(25-26-20)6-11-2-3-12(22)7-14(11)23/h2-3,7-8,10,16,30H,4-6,9H2,1H3,(H,24,25,26)/t10-,16?/m1/s1. The summed E-state index contributed by atoms with van der Waals surface area (Å²) in [6, 6.07) is 3.13. The van der Waals surface area contributed by atoms with E-state index in [-0.39, 0.29) is 47.5 Å². The first-order valence-electron chi connectivity index (χ1n) is 10.1. The summed E-state index contributed by atoms with van der Waals surface area (Å²) in [5.41, 5.74) is -0.659. The second-order valence-corrected chi connectivity index (χ2v) is 7.93. The van der Waals surface area contributed by atoms with Crippen LogP contribution >= 0.6 is 0 Å².